The molecule has 0 unspecified atom stereocenters. The van der Waals surface area contributed by atoms with Gasteiger partial charge in [-0.3, -0.25) is 0 Å². The van der Waals surface area contributed by atoms with E-state index in [2.05, 4.69) is 15.3 Å². The lowest BCUT2D eigenvalue weighted by molar-refractivity contribution is -0.292. The number of anilines is 2. The van der Waals surface area contributed by atoms with Crippen LogP contribution >= 0.6 is 0 Å². The fourth-order valence-electron chi connectivity index (χ4n) is 1.95. The molecule has 0 aliphatic rings. The first-order valence-corrected chi connectivity index (χ1v) is 6.57. The smallest absolute Gasteiger partial charge is 0.340 e. The molecule has 0 amide bonds. The van der Waals surface area contributed by atoms with Crippen molar-refractivity contribution in [3.05, 3.63) is 47.4 Å². The second kappa shape index (κ2) is 6.12. The van der Waals surface area contributed by atoms with E-state index in [1.807, 2.05) is 0 Å². The summed E-state index contributed by atoms with van der Waals surface area (Å²) in [6.45, 7) is 0.909. The maximum atomic E-state index is 13.6. The average molecular weight is 371 g/mol. The van der Waals surface area contributed by atoms with Crippen LogP contribution in [0.4, 0.5) is 46.6 Å². The number of aryl methyl sites for hydroxylation is 1. The molecule has 136 valence electrons. The highest BCUT2D eigenvalue weighted by Crippen LogP contribution is 2.49. The fraction of sp³-hybridized carbons (Fsp3) is 0.286. The minimum absolute atomic E-state index is 0.0207. The molecule has 1 N–H and O–H groups in total. The number of nitrogens with one attached hydrogen (secondary N) is 1. The van der Waals surface area contributed by atoms with E-state index in [1.54, 1.807) is 0 Å². The molecule has 0 spiro atoms. The molecule has 3 nitrogen and oxygen atoms in total. The Morgan fingerprint density at radius 3 is 1.88 bits per heavy atom. The summed E-state index contributed by atoms with van der Waals surface area (Å²) in [6, 6.07) is 6.96. The van der Waals surface area contributed by atoms with E-state index in [0.29, 0.717) is 0 Å². The number of hydrogen-bond acceptors (Lipinski definition) is 3. The van der Waals surface area contributed by atoms with Crippen LogP contribution in [0.15, 0.2) is 30.3 Å². The number of benzene rings is 1. The topological polar surface area (TPSA) is 37.8 Å². The zero-order valence-corrected chi connectivity index (χ0v) is 12.3. The quantitative estimate of drug-likeness (QED) is 0.754. The molecule has 2 rings (SSSR count). The fourth-order valence-corrected chi connectivity index (χ4v) is 1.95. The molecule has 2 aromatic rings. The number of aromatic nitrogens is 2. The van der Waals surface area contributed by atoms with Crippen LogP contribution in [0, 0.1) is 6.92 Å². The summed E-state index contributed by atoms with van der Waals surface area (Å²) in [6.07, 6.45) is -11.8. The lowest BCUT2D eigenvalue weighted by Crippen LogP contribution is -2.37. The molecule has 0 fully saturated rings. The second-order valence-electron chi connectivity index (χ2n) is 4.90. The van der Waals surface area contributed by atoms with Crippen molar-refractivity contribution >= 4 is 11.5 Å². The summed E-state index contributed by atoms with van der Waals surface area (Å²) in [5.74, 6) is -7.67. The van der Waals surface area contributed by atoms with E-state index in [1.165, 1.54) is 30.3 Å². The van der Waals surface area contributed by atoms with Crippen LogP contribution in [-0.4, -0.2) is 16.1 Å². The molecule has 0 radical (unpaired) electrons. The summed E-state index contributed by atoms with van der Waals surface area (Å²) in [5.41, 5.74) is -4.70. The molecule has 1 heterocycles. The summed E-state index contributed by atoms with van der Waals surface area (Å²) in [5, 5.41) is 2.11. The Balaban J connectivity index is 2.73. The van der Waals surface area contributed by atoms with Crippen molar-refractivity contribution < 1.29 is 35.1 Å². The molecule has 1 aromatic carbocycles. The number of nitrogens with zero attached hydrogens (tertiary/aromatic N) is 2. The highest BCUT2D eigenvalue weighted by Gasteiger charge is 2.63. The van der Waals surface area contributed by atoms with Crippen molar-refractivity contribution in [3.8, 4) is 0 Å². The predicted octanol–water partition coefficient (Wildman–Crippen LogP) is 5.20. The Hall–Kier alpha value is -2.46. The van der Waals surface area contributed by atoms with E-state index in [4.69, 9.17) is 0 Å². The van der Waals surface area contributed by atoms with Gasteiger partial charge < -0.3 is 5.32 Å². The van der Waals surface area contributed by atoms with Crippen LogP contribution in [0.1, 0.15) is 17.1 Å². The first kappa shape index (κ1) is 18.9. The van der Waals surface area contributed by atoms with Gasteiger partial charge in [0.2, 0.25) is 0 Å². The zero-order chi connectivity index (χ0) is 19.0. The van der Waals surface area contributed by atoms with Crippen molar-refractivity contribution in [2.24, 2.45) is 0 Å². The first-order chi connectivity index (χ1) is 11.3. The molecule has 0 bridgehead atoms. The van der Waals surface area contributed by atoms with Gasteiger partial charge in [0.05, 0.1) is 0 Å². The van der Waals surface area contributed by atoms with Crippen molar-refractivity contribution in [2.75, 3.05) is 5.32 Å². The first-order valence-electron chi connectivity index (χ1n) is 6.57. The monoisotopic (exact) mass is 371 g/mol. The lowest BCUT2D eigenvalue weighted by Gasteiger charge is -2.24. The van der Waals surface area contributed by atoms with Crippen molar-refractivity contribution in [1.29, 1.82) is 0 Å². The summed E-state index contributed by atoms with van der Waals surface area (Å²) >= 11 is 0. The summed E-state index contributed by atoms with van der Waals surface area (Å²) in [4.78, 5) is 6.09. The molecule has 25 heavy (non-hydrogen) atoms. The third-order valence-corrected chi connectivity index (χ3v) is 2.99. The van der Waals surface area contributed by atoms with E-state index >= 15 is 0 Å². The van der Waals surface area contributed by atoms with Crippen molar-refractivity contribution in [1.82, 2.24) is 9.97 Å². The van der Waals surface area contributed by atoms with E-state index < -0.39 is 41.2 Å². The molecule has 0 saturated heterocycles. The maximum absolute atomic E-state index is 13.6. The van der Waals surface area contributed by atoms with Gasteiger partial charge in [0.15, 0.2) is 0 Å². The Morgan fingerprint density at radius 2 is 1.40 bits per heavy atom. The standard InChI is InChI=1S/C14H9F8N3/c1-7-23-10(12(15,16)14(20,21)22)9(13(17,18)19)11(24-7)25-8-5-3-2-4-6-8/h2-6H,1H3,(H,23,24,25). The second-order valence-corrected chi connectivity index (χ2v) is 4.90. The number of rotatable bonds is 3. The van der Waals surface area contributed by atoms with Gasteiger partial charge in [-0.1, -0.05) is 18.2 Å². The lowest BCUT2D eigenvalue weighted by atomic mass is 10.1. The molecule has 0 saturated carbocycles. The largest absolute Gasteiger partial charge is 0.459 e. The summed E-state index contributed by atoms with van der Waals surface area (Å²) in [7, 11) is 0. The third-order valence-electron chi connectivity index (χ3n) is 2.99. The minimum Gasteiger partial charge on any atom is -0.340 e. The maximum Gasteiger partial charge on any atom is 0.459 e. The van der Waals surface area contributed by atoms with Gasteiger partial charge in [-0.2, -0.15) is 35.1 Å². The predicted molar refractivity (Wildman–Crippen MR) is 71.4 cm³/mol. The summed E-state index contributed by atoms with van der Waals surface area (Å²) < 4.78 is 105. The Morgan fingerprint density at radius 1 is 0.840 bits per heavy atom. The Labute approximate surface area is 135 Å². The average Bonchev–Trinajstić information content (AvgIpc) is 2.45. The van der Waals surface area contributed by atoms with E-state index in [-0.39, 0.29) is 5.69 Å². The third kappa shape index (κ3) is 3.80. The van der Waals surface area contributed by atoms with Crippen LogP contribution in [0.2, 0.25) is 0 Å². The Kier molecular flexibility index (Phi) is 4.62. The van der Waals surface area contributed by atoms with Crippen LogP contribution in [-0.2, 0) is 12.1 Å². The van der Waals surface area contributed by atoms with Crippen molar-refractivity contribution in [3.63, 3.8) is 0 Å². The van der Waals surface area contributed by atoms with E-state index in [0.717, 1.165) is 6.92 Å². The van der Waals surface area contributed by atoms with Gasteiger partial charge in [-0.05, 0) is 19.1 Å². The molecular weight excluding hydrogens is 362 g/mol. The van der Waals surface area contributed by atoms with E-state index in [9.17, 15) is 35.1 Å². The van der Waals surface area contributed by atoms with Crippen LogP contribution in [0.3, 0.4) is 0 Å². The number of halogens is 8. The Bertz CT molecular complexity index is 753. The molecule has 0 atom stereocenters. The molecular formula is C14H9F8N3. The number of alkyl halides is 8. The van der Waals surface area contributed by atoms with Gasteiger partial charge in [-0.15, -0.1) is 0 Å². The molecule has 11 heteroatoms. The zero-order valence-electron chi connectivity index (χ0n) is 12.3. The molecule has 0 aliphatic carbocycles. The number of para-hydroxylation sites is 1. The van der Waals surface area contributed by atoms with Gasteiger partial charge in [-0.25, -0.2) is 9.97 Å². The highest BCUT2D eigenvalue weighted by molar-refractivity contribution is 5.61. The van der Waals surface area contributed by atoms with Gasteiger partial charge in [0.1, 0.15) is 22.9 Å². The van der Waals surface area contributed by atoms with Crippen molar-refractivity contribution in [2.45, 2.75) is 25.2 Å². The van der Waals surface area contributed by atoms with Crippen LogP contribution in [0.5, 0.6) is 0 Å². The minimum atomic E-state index is -6.25. The molecule has 1 aromatic heterocycles. The molecule has 0 aliphatic heterocycles. The van der Waals surface area contributed by atoms with Gasteiger partial charge >= 0.3 is 18.3 Å². The highest BCUT2D eigenvalue weighted by atomic mass is 19.4. The van der Waals surface area contributed by atoms with Gasteiger partial charge in [0.25, 0.3) is 0 Å². The number of hydrogen-bond donors (Lipinski definition) is 1. The SMILES string of the molecule is Cc1nc(Nc2ccccc2)c(C(F)(F)F)c(C(F)(F)C(F)(F)F)n1. The van der Waals surface area contributed by atoms with Crippen LogP contribution < -0.4 is 5.32 Å². The van der Waals surface area contributed by atoms with Crippen LogP contribution in [0.25, 0.3) is 0 Å². The van der Waals surface area contributed by atoms with Gasteiger partial charge in [0, 0.05) is 5.69 Å². The normalized spacial score (nSPS) is 13.0.